The van der Waals surface area contributed by atoms with E-state index in [2.05, 4.69) is 28.5 Å². The SMILES string of the molecule is C=C(CCC(=O)N1CCn2nc(CN(C)CCNC)c(C3CCC(COC)(COC)CC3)c2C1)OCC. The molecule has 0 radical (unpaired) electrons. The smallest absolute Gasteiger partial charge is 0.223 e. The third-order valence-electron chi connectivity index (χ3n) is 7.93. The molecule has 1 N–H and O–H groups in total. The van der Waals surface area contributed by atoms with Crippen LogP contribution in [-0.2, 0) is 38.6 Å². The fraction of sp³-hybridized carbons (Fsp3) is 0.786. The molecule has 0 bridgehead atoms. The maximum atomic E-state index is 13.1. The Labute approximate surface area is 223 Å². The highest BCUT2D eigenvalue weighted by molar-refractivity contribution is 5.76. The quantitative estimate of drug-likeness (QED) is 0.357. The van der Waals surface area contributed by atoms with Crippen LogP contribution in [0, 0.1) is 5.41 Å². The van der Waals surface area contributed by atoms with Crippen LogP contribution in [0.5, 0.6) is 0 Å². The lowest BCUT2D eigenvalue weighted by molar-refractivity contribution is -0.132. The monoisotopic (exact) mass is 519 g/mol. The lowest BCUT2D eigenvalue weighted by Gasteiger charge is -2.40. The molecule has 1 aromatic rings. The first kappa shape index (κ1) is 29.6. The first-order valence-corrected chi connectivity index (χ1v) is 13.8. The van der Waals surface area contributed by atoms with Gasteiger partial charge in [0.05, 0.1) is 50.1 Å². The normalized spacial score (nSPS) is 17.7. The highest BCUT2D eigenvalue weighted by Crippen LogP contribution is 2.45. The molecule has 1 aliphatic carbocycles. The summed E-state index contributed by atoms with van der Waals surface area (Å²) in [5.74, 6) is 1.28. The number of carbonyl (C=O) groups is 1. The molecular formula is C28H49N5O4. The molecule has 1 fully saturated rings. The summed E-state index contributed by atoms with van der Waals surface area (Å²) in [6.07, 6.45) is 5.31. The summed E-state index contributed by atoms with van der Waals surface area (Å²) < 4.78 is 18.8. The summed E-state index contributed by atoms with van der Waals surface area (Å²) in [7, 11) is 7.71. The maximum absolute atomic E-state index is 13.1. The average molecular weight is 520 g/mol. The number of methoxy groups -OCH3 is 2. The molecule has 0 atom stereocenters. The summed E-state index contributed by atoms with van der Waals surface area (Å²) in [5, 5.41) is 8.35. The number of nitrogens with zero attached hydrogens (tertiary/aromatic N) is 4. The molecule has 0 saturated heterocycles. The van der Waals surface area contributed by atoms with Crippen LogP contribution in [0.4, 0.5) is 0 Å². The van der Waals surface area contributed by atoms with Crippen LogP contribution >= 0.6 is 0 Å². The van der Waals surface area contributed by atoms with Crippen LogP contribution in [0.15, 0.2) is 12.3 Å². The van der Waals surface area contributed by atoms with Crippen molar-refractivity contribution in [3.8, 4) is 0 Å². The zero-order chi connectivity index (χ0) is 26.8. The zero-order valence-electron chi connectivity index (χ0n) is 23.8. The Hall–Kier alpha value is -1.94. The molecule has 2 heterocycles. The van der Waals surface area contributed by atoms with E-state index in [0.717, 1.165) is 65.1 Å². The van der Waals surface area contributed by atoms with Gasteiger partial charge in [0.2, 0.25) is 5.91 Å². The number of ether oxygens (including phenoxy) is 3. The molecule has 210 valence electrons. The Bertz CT molecular complexity index is 870. The first-order chi connectivity index (χ1) is 17.9. The molecule has 37 heavy (non-hydrogen) atoms. The summed E-state index contributed by atoms with van der Waals surface area (Å²) in [6.45, 7) is 12.7. The van der Waals surface area contributed by atoms with Gasteiger partial charge in [0.15, 0.2) is 0 Å². The van der Waals surface area contributed by atoms with Gasteiger partial charge < -0.3 is 24.4 Å². The Morgan fingerprint density at radius 3 is 2.51 bits per heavy atom. The summed E-state index contributed by atoms with van der Waals surface area (Å²) in [6, 6.07) is 0. The number of hydrogen-bond donors (Lipinski definition) is 1. The van der Waals surface area contributed by atoms with E-state index in [0.29, 0.717) is 44.2 Å². The summed E-state index contributed by atoms with van der Waals surface area (Å²) >= 11 is 0. The third kappa shape index (κ3) is 7.78. The topological polar surface area (TPSA) is 81.1 Å². The Morgan fingerprint density at radius 2 is 1.89 bits per heavy atom. The molecule has 0 spiro atoms. The standard InChI is InChI=1S/C28H49N5O4/c1-7-37-22(2)8-9-26(34)32-16-17-33-25(19-32)27(24(30-33)18-31(4)15-14-29-3)23-10-12-28(13-11-23,20-35-5)21-36-6/h23,29H,2,7-21H2,1,3-6H3. The first-order valence-electron chi connectivity index (χ1n) is 13.8. The molecule has 1 aliphatic heterocycles. The second-order valence-electron chi connectivity index (χ2n) is 10.8. The number of hydrogen-bond acceptors (Lipinski definition) is 7. The van der Waals surface area contributed by atoms with E-state index in [1.54, 1.807) is 14.2 Å². The fourth-order valence-corrected chi connectivity index (χ4v) is 5.97. The summed E-state index contributed by atoms with van der Waals surface area (Å²) in [5.41, 5.74) is 3.85. The number of amides is 1. The van der Waals surface area contributed by atoms with Crippen molar-refractivity contribution in [2.24, 2.45) is 5.41 Å². The molecule has 1 aromatic heterocycles. The second kappa shape index (κ2) is 14.3. The minimum absolute atomic E-state index is 0.0853. The number of carbonyl (C=O) groups excluding carboxylic acids is 1. The van der Waals surface area contributed by atoms with E-state index < -0.39 is 0 Å². The van der Waals surface area contributed by atoms with Gasteiger partial charge in [-0.15, -0.1) is 0 Å². The molecule has 9 nitrogen and oxygen atoms in total. The van der Waals surface area contributed by atoms with E-state index in [4.69, 9.17) is 19.3 Å². The lowest BCUT2D eigenvalue weighted by atomic mass is 9.69. The van der Waals surface area contributed by atoms with Crippen LogP contribution in [0.2, 0.25) is 0 Å². The molecular weight excluding hydrogens is 470 g/mol. The number of nitrogens with one attached hydrogen (secondary N) is 1. The van der Waals surface area contributed by atoms with Crippen molar-refractivity contribution < 1.29 is 19.0 Å². The van der Waals surface area contributed by atoms with Gasteiger partial charge in [0, 0.05) is 64.2 Å². The largest absolute Gasteiger partial charge is 0.499 e. The predicted octanol–water partition coefficient (Wildman–Crippen LogP) is 3.14. The van der Waals surface area contributed by atoms with Crippen molar-refractivity contribution in [3.05, 3.63) is 29.3 Å². The predicted molar refractivity (Wildman–Crippen MR) is 145 cm³/mol. The van der Waals surface area contributed by atoms with Crippen LogP contribution in [-0.4, -0.2) is 93.3 Å². The maximum Gasteiger partial charge on any atom is 0.223 e. The minimum atomic E-state index is 0.0853. The van der Waals surface area contributed by atoms with Gasteiger partial charge in [-0.3, -0.25) is 14.4 Å². The molecule has 2 aliphatic rings. The number of aromatic nitrogens is 2. The average Bonchev–Trinajstić information content (AvgIpc) is 3.24. The van der Waals surface area contributed by atoms with Gasteiger partial charge in [0.1, 0.15) is 0 Å². The van der Waals surface area contributed by atoms with Crippen molar-refractivity contribution in [1.82, 2.24) is 24.9 Å². The third-order valence-corrected chi connectivity index (χ3v) is 7.93. The number of allylic oxidation sites excluding steroid dienone is 1. The Balaban J connectivity index is 1.80. The van der Waals surface area contributed by atoms with E-state index in [1.807, 2.05) is 18.9 Å². The lowest BCUT2D eigenvalue weighted by Crippen LogP contribution is -2.39. The van der Waals surface area contributed by atoms with Gasteiger partial charge in [-0.2, -0.15) is 5.10 Å². The van der Waals surface area contributed by atoms with Crippen molar-refractivity contribution in [2.75, 3.05) is 67.8 Å². The molecule has 9 heteroatoms. The van der Waals surface area contributed by atoms with Crippen LogP contribution in [0.3, 0.4) is 0 Å². The van der Waals surface area contributed by atoms with E-state index >= 15 is 0 Å². The second-order valence-corrected chi connectivity index (χ2v) is 10.8. The Kier molecular flexibility index (Phi) is 11.4. The molecule has 0 unspecified atom stereocenters. The van der Waals surface area contributed by atoms with Gasteiger partial charge in [0.25, 0.3) is 0 Å². The van der Waals surface area contributed by atoms with E-state index in [9.17, 15) is 4.79 Å². The minimum Gasteiger partial charge on any atom is -0.499 e. The molecule has 0 aromatic carbocycles. The highest BCUT2D eigenvalue weighted by atomic mass is 16.5. The number of rotatable bonds is 15. The van der Waals surface area contributed by atoms with E-state index in [-0.39, 0.29) is 11.3 Å². The van der Waals surface area contributed by atoms with Gasteiger partial charge in [-0.1, -0.05) is 6.58 Å². The van der Waals surface area contributed by atoms with Crippen molar-refractivity contribution in [3.63, 3.8) is 0 Å². The molecule has 1 saturated carbocycles. The van der Waals surface area contributed by atoms with Crippen molar-refractivity contribution >= 4 is 5.91 Å². The molecule has 1 amide bonds. The van der Waals surface area contributed by atoms with Gasteiger partial charge in [-0.05, 0) is 52.6 Å². The molecule has 3 rings (SSSR count). The number of likely N-dealkylation sites (N-methyl/N-ethyl adjacent to an activating group) is 2. The van der Waals surface area contributed by atoms with Crippen LogP contribution in [0.1, 0.15) is 68.3 Å². The van der Waals surface area contributed by atoms with Gasteiger partial charge >= 0.3 is 0 Å². The van der Waals surface area contributed by atoms with Crippen molar-refractivity contribution in [1.29, 1.82) is 0 Å². The van der Waals surface area contributed by atoms with Gasteiger partial charge in [-0.25, -0.2) is 0 Å². The van der Waals surface area contributed by atoms with E-state index in [1.165, 1.54) is 17.0 Å². The Morgan fingerprint density at radius 1 is 1.19 bits per heavy atom. The number of fused-ring (bicyclic) bond motifs is 1. The van der Waals surface area contributed by atoms with Crippen LogP contribution < -0.4 is 5.32 Å². The highest BCUT2D eigenvalue weighted by Gasteiger charge is 2.39. The zero-order valence-corrected chi connectivity index (χ0v) is 23.8. The van der Waals surface area contributed by atoms with Crippen LogP contribution in [0.25, 0.3) is 0 Å². The van der Waals surface area contributed by atoms with Crippen molar-refractivity contribution in [2.45, 2.75) is 71.0 Å². The fourth-order valence-electron chi connectivity index (χ4n) is 5.97. The summed E-state index contributed by atoms with van der Waals surface area (Å²) in [4.78, 5) is 17.4.